The maximum absolute atomic E-state index is 12.6. The zero-order valence-corrected chi connectivity index (χ0v) is 16.1. The molecular weight excluding hydrogens is 334 g/mol. The van der Waals surface area contributed by atoms with Crippen LogP contribution in [0, 0.1) is 0 Å². The molecule has 0 saturated carbocycles. The molecule has 0 bridgehead atoms. The number of unbranched alkanes of at least 4 members (excludes halogenated alkanes) is 6. The highest BCUT2D eigenvalue weighted by Gasteiger charge is 2.41. The Morgan fingerprint density at radius 1 is 1.15 bits per heavy atom. The maximum Gasteiger partial charge on any atom is 0.303 e. The third kappa shape index (κ3) is 9.46. The summed E-state index contributed by atoms with van der Waals surface area (Å²) in [5.74, 6) is -2.28. The normalized spacial score (nSPS) is 20.5. The summed E-state index contributed by atoms with van der Waals surface area (Å²) in [6, 6.07) is 0. The molecule has 2 N–H and O–H groups in total. The van der Waals surface area contributed by atoms with Crippen LogP contribution in [0.1, 0.15) is 84.0 Å². The zero-order chi connectivity index (χ0) is 19.1. The van der Waals surface area contributed by atoms with Crippen molar-refractivity contribution < 1.29 is 24.3 Å². The first-order valence-corrected chi connectivity index (χ1v) is 10.1. The molecule has 0 aromatic rings. The lowest BCUT2D eigenvalue weighted by Crippen LogP contribution is -2.49. The predicted molar refractivity (Wildman–Crippen MR) is 101 cm³/mol. The summed E-state index contributed by atoms with van der Waals surface area (Å²) in [6.45, 7) is 3.07. The van der Waals surface area contributed by atoms with Gasteiger partial charge in [-0.25, -0.2) is 0 Å². The number of aliphatic carboxylic acids is 1. The van der Waals surface area contributed by atoms with E-state index in [1.165, 1.54) is 32.1 Å². The van der Waals surface area contributed by atoms with Crippen molar-refractivity contribution in [3.63, 3.8) is 0 Å². The lowest BCUT2D eigenvalue weighted by Gasteiger charge is -2.34. The first kappa shape index (κ1) is 22.8. The minimum Gasteiger partial charge on any atom is -0.481 e. The predicted octanol–water partition coefficient (Wildman–Crippen LogP) is 4.15. The Labute approximate surface area is 157 Å². The topological polar surface area (TPSA) is 84.9 Å². The number of hydrogen-bond acceptors (Lipinski definition) is 5. The highest BCUT2D eigenvalue weighted by molar-refractivity contribution is 5.95. The molecule has 1 saturated heterocycles. The van der Waals surface area contributed by atoms with Crippen molar-refractivity contribution in [3.8, 4) is 0 Å². The summed E-state index contributed by atoms with van der Waals surface area (Å²) in [6.07, 6.45) is 14.6. The van der Waals surface area contributed by atoms with Gasteiger partial charge in [-0.2, -0.15) is 5.48 Å². The molecular formula is C20H35NO5. The highest BCUT2D eigenvalue weighted by Crippen LogP contribution is 2.27. The molecule has 1 aliphatic heterocycles. The van der Waals surface area contributed by atoms with Crippen LogP contribution in [0.3, 0.4) is 0 Å². The number of rotatable bonds is 15. The Bertz CT molecular complexity index is 430. The van der Waals surface area contributed by atoms with Crippen molar-refractivity contribution in [2.45, 2.75) is 89.8 Å². The Morgan fingerprint density at radius 2 is 1.92 bits per heavy atom. The lowest BCUT2D eigenvalue weighted by atomic mass is 10.0. The minimum atomic E-state index is -1.26. The molecule has 6 nitrogen and oxygen atoms in total. The van der Waals surface area contributed by atoms with Gasteiger partial charge in [-0.15, -0.1) is 0 Å². The van der Waals surface area contributed by atoms with Gasteiger partial charge in [0.05, 0.1) is 6.61 Å². The Kier molecular flexibility index (Phi) is 12.2. The highest BCUT2D eigenvalue weighted by atomic mass is 16.8. The smallest absolute Gasteiger partial charge is 0.303 e. The molecule has 6 heteroatoms. The second-order valence-corrected chi connectivity index (χ2v) is 6.88. The maximum atomic E-state index is 12.6. The van der Waals surface area contributed by atoms with Crippen molar-refractivity contribution in [2.24, 2.45) is 0 Å². The van der Waals surface area contributed by atoms with E-state index < -0.39 is 11.8 Å². The molecule has 0 aromatic carbocycles. The number of nitrogens with one attached hydrogen (secondary N) is 1. The number of carboxylic acids is 1. The van der Waals surface area contributed by atoms with Gasteiger partial charge in [0.1, 0.15) is 0 Å². The number of carbonyl (C=O) groups excluding carboxylic acids is 1. The Hall–Kier alpha value is -1.24. The molecule has 26 heavy (non-hydrogen) atoms. The fourth-order valence-corrected chi connectivity index (χ4v) is 2.93. The molecule has 0 amide bonds. The Balaban J connectivity index is 2.35. The van der Waals surface area contributed by atoms with Crippen LogP contribution in [-0.2, 0) is 19.2 Å². The number of ether oxygens (including phenoxy) is 1. The van der Waals surface area contributed by atoms with Gasteiger partial charge in [-0.05, 0) is 38.2 Å². The third-order valence-electron chi connectivity index (χ3n) is 4.51. The van der Waals surface area contributed by atoms with E-state index in [1.807, 2.05) is 6.08 Å². The fraction of sp³-hybridized carbons (Fsp3) is 0.800. The Morgan fingerprint density at radius 3 is 2.62 bits per heavy atom. The van der Waals surface area contributed by atoms with Crippen LogP contribution in [0.25, 0.3) is 0 Å². The van der Waals surface area contributed by atoms with Gasteiger partial charge < -0.3 is 9.84 Å². The van der Waals surface area contributed by atoms with Gasteiger partial charge in [0.15, 0.2) is 0 Å². The van der Waals surface area contributed by atoms with Gasteiger partial charge in [0.25, 0.3) is 5.79 Å². The summed E-state index contributed by atoms with van der Waals surface area (Å²) in [5, 5.41) is 8.65. The van der Waals surface area contributed by atoms with E-state index in [1.54, 1.807) is 6.08 Å². The molecule has 1 rings (SSSR count). The summed E-state index contributed by atoms with van der Waals surface area (Å²) in [4.78, 5) is 28.7. The first-order chi connectivity index (χ1) is 12.6. The standard InChI is InChI=1S/C20H35NO5/c1-2-3-4-5-6-7-8-9-13-18(22)20(15-10-11-17-25-20)26-21-16-12-14-19(23)24/h9,13,21H,2-8,10-12,14-17H2,1H3,(H,23,24). The number of carboxylic acid groups (broad SMARTS) is 1. The molecule has 0 aromatic heterocycles. The fourth-order valence-electron chi connectivity index (χ4n) is 2.93. The average Bonchev–Trinajstić information content (AvgIpc) is 2.64. The molecule has 150 valence electrons. The molecule has 0 spiro atoms. The molecule has 1 heterocycles. The molecule has 0 aliphatic carbocycles. The molecule has 1 fully saturated rings. The number of allylic oxidation sites excluding steroid dienone is 1. The number of hydrogen-bond donors (Lipinski definition) is 2. The summed E-state index contributed by atoms with van der Waals surface area (Å²) in [7, 11) is 0. The van der Waals surface area contributed by atoms with Crippen molar-refractivity contribution in [2.75, 3.05) is 13.2 Å². The quantitative estimate of drug-likeness (QED) is 0.256. The molecule has 1 atom stereocenters. The van der Waals surface area contributed by atoms with E-state index >= 15 is 0 Å². The number of ketones is 1. The second kappa shape index (κ2) is 13.9. The molecule has 1 aliphatic rings. The second-order valence-electron chi connectivity index (χ2n) is 6.88. The van der Waals surface area contributed by atoms with Gasteiger partial charge in [-0.3, -0.25) is 14.4 Å². The largest absolute Gasteiger partial charge is 0.481 e. The van der Waals surface area contributed by atoms with Crippen LogP contribution in [0.4, 0.5) is 0 Å². The van der Waals surface area contributed by atoms with Gasteiger partial charge in [0.2, 0.25) is 5.78 Å². The van der Waals surface area contributed by atoms with E-state index in [2.05, 4.69) is 12.4 Å². The van der Waals surface area contributed by atoms with Crippen LogP contribution >= 0.6 is 0 Å². The van der Waals surface area contributed by atoms with Crippen LogP contribution in [0.2, 0.25) is 0 Å². The van der Waals surface area contributed by atoms with Crippen molar-refractivity contribution in [1.82, 2.24) is 5.48 Å². The monoisotopic (exact) mass is 369 g/mol. The van der Waals surface area contributed by atoms with Gasteiger partial charge in [0, 0.05) is 19.4 Å². The van der Waals surface area contributed by atoms with E-state index in [0.717, 1.165) is 25.7 Å². The number of carbonyl (C=O) groups is 2. The van der Waals surface area contributed by atoms with E-state index in [9.17, 15) is 9.59 Å². The third-order valence-corrected chi connectivity index (χ3v) is 4.51. The summed E-state index contributed by atoms with van der Waals surface area (Å²) >= 11 is 0. The van der Waals surface area contributed by atoms with Crippen LogP contribution in [0.15, 0.2) is 12.2 Å². The summed E-state index contributed by atoms with van der Waals surface area (Å²) < 4.78 is 5.68. The first-order valence-electron chi connectivity index (χ1n) is 10.1. The van der Waals surface area contributed by atoms with E-state index in [0.29, 0.717) is 26.0 Å². The van der Waals surface area contributed by atoms with E-state index in [-0.39, 0.29) is 12.2 Å². The minimum absolute atomic E-state index is 0.0658. The van der Waals surface area contributed by atoms with Gasteiger partial charge >= 0.3 is 5.97 Å². The SMILES string of the molecule is CCCCCCCCC=CC(=O)C1(ONCCCC(=O)O)CCCCO1. The van der Waals surface area contributed by atoms with Crippen molar-refractivity contribution >= 4 is 11.8 Å². The lowest BCUT2D eigenvalue weighted by molar-refractivity contribution is -0.264. The molecule has 1 unspecified atom stereocenters. The number of hydroxylamine groups is 1. The van der Waals surface area contributed by atoms with Crippen LogP contribution < -0.4 is 5.48 Å². The van der Waals surface area contributed by atoms with Gasteiger partial charge in [-0.1, -0.05) is 45.1 Å². The average molecular weight is 370 g/mol. The van der Waals surface area contributed by atoms with Crippen molar-refractivity contribution in [1.29, 1.82) is 0 Å². The molecule has 0 radical (unpaired) electrons. The van der Waals surface area contributed by atoms with Crippen LogP contribution in [-0.4, -0.2) is 35.8 Å². The van der Waals surface area contributed by atoms with E-state index in [4.69, 9.17) is 14.7 Å². The summed E-state index contributed by atoms with van der Waals surface area (Å²) in [5.41, 5.74) is 2.72. The van der Waals surface area contributed by atoms with Crippen LogP contribution in [0.5, 0.6) is 0 Å². The zero-order valence-electron chi connectivity index (χ0n) is 16.1. The van der Waals surface area contributed by atoms with Crippen molar-refractivity contribution in [3.05, 3.63) is 12.2 Å².